The Labute approximate surface area is 106 Å². The zero-order chi connectivity index (χ0) is 12.5. The summed E-state index contributed by atoms with van der Waals surface area (Å²) in [7, 11) is 2.15. The van der Waals surface area contributed by atoms with Gasteiger partial charge < -0.3 is 9.42 Å². The van der Waals surface area contributed by atoms with Gasteiger partial charge in [0.25, 0.3) is 0 Å². The Kier molecular flexibility index (Phi) is 3.04. The summed E-state index contributed by atoms with van der Waals surface area (Å²) >= 11 is 0. The summed E-state index contributed by atoms with van der Waals surface area (Å²) in [6, 6.07) is 4.67. The fourth-order valence-electron chi connectivity index (χ4n) is 2.74. The second-order valence-electron chi connectivity index (χ2n) is 5.14. The predicted octanol–water partition coefficient (Wildman–Crippen LogP) is 3.17. The third-order valence-corrected chi connectivity index (χ3v) is 3.80. The average molecular weight is 248 g/mol. The normalized spacial score (nSPS) is 22.2. The summed E-state index contributed by atoms with van der Waals surface area (Å²) in [5, 5.41) is 5.13. The van der Waals surface area contributed by atoms with Gasteiger partial charge in [-0.15, -0.1) is 0 Å². The number of benzene rings is 1. The van der Waals surface area contributed by atoms with Crippen molar-refractivity contribution in [3.8, 4) is 0 Å². The quantitative estimate of drug-likeness (QED) is 0.776. The summed E-state index contributed by atoms with van der Waals surface area (Å²) in [6.45, 7) is 2.22. The van der Waals surface area contributed by atoms with Gasteiger partial charge in [-0.25, -0.2) is 4.39 Å². The first-order valence-electron chi connectivity index (χ1n) is 6.47. The number of hydrogen-bond acceptors (Lipinski definition) is 3. The van der Waals surface area contributed by atoms with Gasteiger partial charge in [-0.1, -0.05) is 5.16 Å². The number of rotatable bonds is 1. The lowest BCUT2D eigenvalue weighted by molar-refractivity contribution is 0.346. The maximum atomic E-state index is 13.1. The van der Waals surface area contributed by atoms with E-state index in [2.05, 4.69) is 17.1 Å². The van der Waals surface area contributed by atoms with Crippen LogP contribution in [0.25, 0.3) is 11.0 Å². The van der Waals surface area contributed by atoms with Gasteiger partial charge in [-0.05, 0) is 51.5 Å². The lowest BCUT2D eigenvalue weighted by atomic mass is 9.94. The molecule has 0 bridgehead atoms. The molecule has 1 saturated heterocycles. The summed E-state index contributed by atoms with van der Waals surface area (Å²) < 4.78 is 18.4. The maximum absolute atomic E-state index is 13.1. The Bertz CT molecular complexity index is 552. The van der Waals surface area contributed by atoms with Crippen LogP contribution in [0.4, 0.5) is 4.39 Å². The van der Waals surface area contributed by atoms with Gasteiger partial charge in [0.1, 0.15) is 5.82 Å². The van der Waals surface area contributed by atoms with Crippen LogP contribution in [0.5, 0.6) is 0 Å². The zero-order valence-electron chi connectivity index (χ0n) is 10.5. The topological polar surface area (TPSA) is 29.3 Å². The third-order valence-electron chi connectivity index (χ3n) is 3.80. The van der Waals surface area contributed by atoms with Crippen molar-refractivity contribution >= 4 is 11.0 Å². The van der Waals surface area contributed by atoms with Gasteiger partial charge in [-0.3, -0.25) is 0 Å². The van der Waals surface area contributed by atoms with Crippen molar-refractivity contribution in [2.45, 2.75) is 25.2 Å². The highest BCUT2D eigenvalue weighted by atomic mass is 19.1. The van der Waals surface area contributed by atoms with E-state index < -0.39 is 0 Å². The molecule has 1 aliphatic rings. The second-order valence-corrected chi connectivity index (χ2v) is 5.14. The number of fused-ring (bicyclic) bond motifs is 1. The fraction of sp³-hybridized carbons (Fsp3) is 0.500. The van der Waals surface area contributed by atoms with Gasteiger partial charge in [0.2, 0.25) is 0 Å². The summed E-state index contributed by atoms with van der Waals surface area (Å²) in [5.41, 5.74) is 1.56. The molecule has 0 saturated carbocycles. The summed E-state index contributed by atoms with van der Waals surface area (Å²) in [6.07, 6.45) is 3.40. The standard InChI is InChI=1S/C14H17FN2O/c1-17-7-2-3-10(6-8-17)14-12-5-4-11(15)9-13(12)18-16-14/h4-5,9-10H,2-3,6-8H2,1H3. The van der Waals surface area contributed by atoms with Crippen molar-refractivity contribution in [1.82, 2.24) is 10.1 Å². The van der Waals surface area contributed by atoms with Crippen LogP contribution in [0.15, 0.2) is 22.7 Å². The van der Waals surface area contributed by atoms with E-state index in [1.807, 2.05) is 0 Å². The largest absolute Gasteiger partial charge is 0.356 e. The van der Waals surface area contributed by atoms with E-state index in [1.54, 1.807) is 6.07 Å². The number of nitrogens with zero attached hydrogens (tertiary/aromatic N) is 2. The van der Waals surface area contributed by atoms with E-state index in [4.69, 9.17) is 4.52 Å². The minimum Gasteiger partial charge on any atom is -0.356 e. The summed E-state index contributed by atoms with van der Waals surface area (Å²) in [4.78, 5) is 2.35. The van der Waals surface area contributed by atoms with Gasteiger partial charge in [0.15, 0.2) is 5.58 Å². The predicted molar refractivity (Wildman–Crippen MR) is 68.1 cm³/mol. The molecule has 1 atom stereocenters. The monoisotopic (exact) mass is 248 g/mol. The van der Waals surface area contributed by atoms with Gasteiger partial charge >= 0.3 is 0 Å². The fourth-order valence-corrected chi connectivity index (χ4v) is 2.74. The molecule has 2 heterocycles. The Balaban J connectivity index is 1.93. The van der Waals surface area contributed by atoms with Crippen molar-refractivity contribution in [3.05, 3.63) is 29.7 Å². The molecule has 1 aliphatic heterocycles. The van der Waals surface area contributed by atoms with E-state index >= 15 is 0 Å². The van der Waals surface area contributed by atoms with Crippen LogP contribution in [0.2, 0.25) is 0 Å². The highest BCUT2D eigenvalue weighted by molar-refractivity contribution is 5.79. The molecule has 18 heavy (non-hydrogen) atoms. The first kappa shape index (κ1) is 11.7. The van der Waals surface area contributed by atoms with Crippen molar-refractivity contribution in [1.29, 1.82) is 0 Å². The number of likely N-dealkylation sites (tertiary alicyclic amines) is 1. The van der Waals surface area contributed by atoms with Gasteiger partial charge in [0.05, 0.1) is 5.69 Å². The highest BCUT2D eigenvalue weighted by Crippen LogP contribution is 2.32. The van der Waals surface area contributed by atoms with Crippen molar-refractivity contribution in [2.24, 2.45) is 0 Å². The van der Waals surface area contributed by atoms with Crippen molar-refractivity contribution in [2.75, 3.05) is 20.1 Å². The van der Waals surface area contributed by atoms with Gasteiger partial charge in [-0.2, -0.15) is 0 Å². The first-order chi connectivity index (χ1) is 8.74. The molecule has 96 valence electrons. The van der Waals surface area contributed by atoms with E-state index in [-0.39, 0.29) is 5.82 Å². The Morgan fingerprint density at radius 2 is 2.22 bits per heavy atom. The van der Waals surface area contributed by atoms with Crippen LogP contribution in [-0.2, 0) is 0 Å². The average Bonchev–Trinajstić information content (AvgIpc) is 2.64. The maximum Gasteiger partial charge on any atom is 0.170 e. The molecule has 0 spiro atoms. The summed E-state index contributed by atoms with van der Waals surface area (Å²) in [5.74, 6) is 0.160. The molecule has 3 nitrogen and oxygen atoms in total. The minimum absolute atomic E-state index is 0.272. The van der Waals surface area contributed by atoms with E-state index in [0.29, 0.717) is 11.5 Å². The molecule has 0 radical (unpaired) electrons. The molecular weight excluding hydrogens is 231 g/mol. The molecule has 0 aliphatic carbocycles. The van der Waals surface area contributed by atoms with Crippen molar-refractivity contribution in [3.63, 3.8) is 0 Å². The number of hydrogen-bond donors (Lipinski definition) is 0. The molecular formula is C14H17FN2O. The molecule has 1 unspecified atom stereocenters. The van der Waals surface area contributed by atoms with Gasteiger partial charge in [0, 0.05) is 17.4 Å². The Morgan fingerprint density at radius 1 is 1.33 bits per heavy atom. The Hall–Kier alpha value is -1.42. The molecule has 4 heteroatoms. The van der Waals surface area contributed by atoms with E-state index in [9.17, 15) is 4.39 Å². The molecule has 1 aromatic heterocycles. The Morgan fingerprint density at radius 3 is 3.11 bits per heavy atom. The SMILES string of the molecule is CN1CCCC(c2noc3cc(F)ccc23)CC1. The molecule has 0 N–H and O–H groups in total. The van der Waals surface area contributed by atoms with Crippen LogP contribution in [0.3, 0.4) is 0 Å². The molecule has 1 fully saturated rings. The van der Waals surface area contributed by atoms with E-state index in [1.165, 1.54) is 18.6 Å². The molecule has 3 rings (SSSR count). The van der Waals surface area contributed by atoms with Crippen LogP contribution in [-0.4, -0.2) is 30.2 Å². The lowest BCUT2D eigenvalue weighted by Crippen LogP contribution is -2.18. The van der Waals surface area contributed by atoms with Crippen LogP contribution >= 0.6 is 0 Å². The van der Waals surface area contributed by atoms with Crippen LogP contribution in [0.1, 0.15) is 30.9 Å². The second kappa shape index (κ2) is 4.69. The van der Waals surface area contributed by atoms with Crippen LogP contribution in [0, 0.1) is 5.82 Å². The molecule has 2 aromatic rings. The van der Waals surface area contributed by atoms with E-state index in [0.717, 1.165) is 37.0 Å². The number of halogens is 1. The lowest BCUT2D eigenvalue weighted by Gasteiger charge is -2.12. The number of aromatic nitrogens is 1. The third kappa shape index (κ3) is 2.12. The van der Waals surface area contributed by atoms with Crippen molar-refractivity contribution < 1.29 is 8.91 Å². The molecule has 1 aromatic carbocycles. The molecule has 0 amide bonds. The highest BCUT2D eigenvalue weighted by Gasteiger charge is 2.22. The first-order valence-corrected chi connectivity index (χ1v) is 6.47. The zero-order valence-corrected chi connectivity index (χ0v) is 10.5. The minimum atomic E-state index is -0.272. The smallest absolute Gasteiger partial charge is 0.170 e. The van der Waals surface area contributed by atoms with Crippen LogP contribution < -0.4 is 0 Å².